The number of halogens is 4. The first kappa shape index (κ1) is 25.3. The maximum atomic E-state index is 13.5. The molecule has 0 spiro atoms. The Morgan fingerprint density at radius 2 is 1.72 bits per heavy atom. The van der Waals surface area contributed by atoms with Gasteiger partial charge in [-0.05, 0) is 35.9 Å². The number of alkyl halides is 3. The van der Waals surface area contributed by atoms with Crippen LogP contribution < -0.4 is 10.6 Å². The van der Waals surface area contributed by atoms with Crippen LogP contribution in [0, 0.1) is 0 Å². The maximum Gasteiger partial charge on any atom is 0.451 e. The van der Waals surface area contributed by atoms with Gasteiger partial charge in [-0.2, -0.15) is 13.2 Å². The molecule has 0 saturated carbocycles. The average molecular weight is 537 g/mol. The van der Waals surface area contributed by atoms with Crippen molar-refractivity contribution in [2.24, 2.45) is 0 Å². The molecule has 0 unspecified atom stereocenters. The first-order chi connectivity index (χ1) is 16.8. The van der Waals surface area contributed by atoms with Crippen molar-refractivity contribution in [3.63, 3.8) is 0 Å². The number of anilines is 2. The lowest BCUT2D eigenvalue weighted by Gasteiger charge is -2.25. The zero-order valence-electron chi connectivity index (χ0n) is 18.4. The quantitative estimate of drug-likeness (QED) is 0.406. The normalized spacial score (nSPS) is 12.0. The van der Waals surface area contributed by atoms with E-state index in [1.54, 1.807) is 18.2 Å². The molecule has 0 aliphatic carbocycles. The summed E-state index contributed by atoms with van der Waals surface area (Å²) in [5, 5.41) is 0.135. The second-order valence-electron chi connectivity index (χ2n) is 7.69. The van der Waals surface area contributed by atoms with Gasteiger partial charge >= 0.3 is 6.18 Å². The Hall–Kier alpha value is -3.84. The van der Waals surface area contributed by atoms with Gasteiger partial charge in [0, 0.05) is 23.7 Å². The van der Waals surface area contributed by atoms with Crippen molar-refractivity contribution in [2.45, 2.75) is 17.6 Å². The van der Waals surface area contributed by atoms with E-state index in [0.717, 1.165) is 23.5 Å². The number of nitrogens with zero attached hydrogens (tertiary/aromatic N) is 5. The predicted molar refractivity (Wildman–Crippen MR) is 126 cm³/mol. The standard InChI is InChI=1S/C22H16ClF3N6O3S/c1-36(34,35)18-5-3-14(23)7-17(18)32(20(33)13-8-29-21(30-9-13)22(24,25)26)11-12-2-4-15-16(6-12)31-19(27)10-28-15/h2-10H,11H2,1H3,(H2,27,31). The number of nitrogens with two attached hydrogens (primary N) is 1. The molecule has 0 aliphatic rings. The van der Waals surface area contributed by atoms with Gasteiger partial charge in [-0.1, -0.05) is 17.7 Å². The summed E-state index contributed by atoms with van der Waals surface area (Å²) in [5.74, 6) is -2.10. The zero-order chi connectivity index (χ0) is 26.3. The third-order valence-electron chi connectivity index (χ3n) is 4.97. The Bertz CT molecular complexity index is 1580. The minimum atomic E-state index is -4.80. The van der Waals surface area contributed by atoms with Gasteiger partial charge in [0.05, 0.1) is 39.9 Å². The van der Waals surface area contributed by atoms with Crippen LogP contribution in [-0.2, 0) is 22.6 Å². The molecule has 1 amide bonds. The van der Waals surface area contributed by atoms with Gasteiger partial charge in [-0.15, -0.1) is 0 Å². The number of amides is 1. The number of sulfone groups is 1. The lowest BCUT2D eigenvalue weighted by atomic mass is 10.1. The molecule has 2 N–H and O–H groups in total. The molecule has 0 bridgehead atoms. The van der Waals surface area contributed by atoms with E-state index in [2.05, 4.69) is 19.9 Å². The summed E-state index contributed by atoms with van der Waals surface area (Å²) in [6.07, 6.45) is -1.01. The van der Waals surface area contributed by atoms with Crippen molar-refractivity contribution in [3.8, 4) is 0 Å². The highest BCUT2D eigenvalue weighted by Gasteiger charge is 2.35. The molecule has 4 rings (SSSR count). The van der Waals surface area contributed by atoms with Crippen LogP contribution in [0.2, 0.25) is 5.02 Å². The topological polar surface area (TPSA) is 132 Å². The molecule has 0 atom stereocenters. The summed E-state index contributed by atoms with van der Waals surface area (Å²) in [6, 6.07) is 8.74. The molecular weight excluding hydrogens is 521 g/mol. The van der Waals surface area contributed by atoms with Crippen molar-refractivity contribution in [3.05, 3.63) is 77.0 Å². The van der Waals surface area contributed by atoms with E-state index in [1.807, 2.05) is 0 Å². The van der Waals surface area contributed by atoms with E-state index in [-0.39, 0.29) is 33.5 Å². The Kier molecular flexibility index (Phi) is 6.54. The third-order valence-corrected chi connectivity index (χ3v) is 6.35. The van der Waals surface area contributed by atoms with Crippen molar-refractivity contribution in [1.29, 1.82) is 0 Å². The first-order valence-electron chi connectivity index (χ1n) is 10.0. The first-order valence-corrected chi connectivity index (χ1v) is 12.3. The number of rotatable bonds is 5. The van der Waals surface area contributed by atoms with Crippen LogP contribution in [0.1, 0.15) is 21.7 Å². The molecule has 36 heavy (non-hydrogen) atoms. The predicted octanol–water partition coefficient (Wildman–Crippen LogP) is 3.92. The summed E-state index contributed by atoms with van der Waals surface area (Å²) < 4.78 is 63.7. The average Bonchev–Trinajstić information content (AvgIpc) is 2.80. The van der Waals surface area contributed by atoms with Crippen LogP contribution in [0.4, 0.5) is 24.7 Å². The summed E-state index contributed by atoms with van der Waals surface area (Å²) in [4.78, 5) is 29.2. The molecule has 14 heteroatoms. The van der Waals surface area contributed by atoms with Crippen LogP contribution in [0.15, 0.2) is 59.9 Å². The van der Waals surface area contributed by atoms with Crippen molar-refractivity contribution in [2.75, 3.05) is 16.9 Å². The van der Waals surface area contributed by atoms with Crippen molar-refractivity contribution >= 4 is 49.9 Å². The molecule has 2 aromatic heterocycles. The van der Waals surface area contributed by atoms with E-state index in [4.69, 9.17) is 17.3 Å². The summed E-state index contributed by atoms with van der Waals surface area (Å²) in [7, 11) is -3.84. The number of fused-ring (bicyclic) bond motifs is 1. The Balaban J connectivity index is 1.84. The molecule has 2 heterocycles. The van der Waals surface area contributed by atoms with E-state index in [9.17, 15) is 26.4 Å². The zero-order valence-corrected chi connectivity index (χ0v) is 19.9. The number of hydrogen-bond donors (Lipinski definition) is 1. The molecule has 0 aliphatic heterocycles. The van der Waals surface area contributed by atoms with Crippen LogP contribution in [-0.4, -0.2) is 40.5 Å². The van der Waals surface area contributed by atoms with E-state index in [1.165, 1.54) is 24.4 Å². The van der Waals surface area contributed by atoms with E-state index < -0.39 is 27.7 Å². The van der Waals surface area contributed by atoms with Gasteiger partial charge in [0.25, 0.3) is 5.91 Å². The number of benzene rings is 2. The minimum absolute atomic E-state index is 0.0753. The SMILES string of the molecule is CS(=O)(=O)c1ccc(Cl)cc1N(Cc1ccc2ncc(N)nc2c1)C(=O)c1cnc(C(F)(F)F)nc1. The molecule has 186 valence electrons. The number of carbonyl (C=O) groups excluding carboxylic acids is 1. The molecule has 0 radical (unpaired) electrons. The van der Waals surface area contributed by atoms with Crippen molar-refractivity contribution in [1.82, 2.24) is 19.9 Å². The molecule has 4 aromatic rings. The monoisotopic (exact) mass is 536 g/mol. The van der Waals surface area contributed by atoms with Crippen molar-refractivity contribution < 1.29 is 26.4 Å². The van der Waals surface area contributed by atoms with Gasteiger partial charge in [0.2, 0.25) is 5.82 Å². The fourth-order valence-electron chi connectivity index (χ4n) is 3.37. The number of hydrogen-bond acceptors (Lipinski definition) is 8. The van der Waals surface area contributed by atoms with Crippen LogP contribution in [0.25, 0.3) is 11.0 Å². The molecular formula is C22H16ClF3N6O3S. The fourth-order valence-corrected chi connectivity index (χ4v) is 4.40. The Morgan fingerprint density at radius 3 is 2.36 bits per heavy atom. The lowest BCUT2D eigenvalue weighted by Crippen LogP contribution is -2.32. The fraction of sp³-hybridized carbons (Fsp3) is 0.136. The highest BCUT2D eigenvalue weighted by Crippen LogP contribution is 2.32. The summed E-state index contributed by atoms with van der Waals surface area (Å²) >= 11 is 6.12. The highest BCUT2D eigenvalue weighted by atomic mass is 35.5. The third kappa shape index (κ3) is 5.36. The van der Waals surface area contributed by atoms with E-state index in [0.29, 0.717) is 16.6 Å². The molecule has 2 aromatic carbocycles. The minimum Gasteiger partial charge on any atom is -0.382 e. The molecule has 9 nitrogen and oxygen atoms in total. The van der Waals surface area contributed by atoms with Gasteiger partial charge in [0.15, 0.2) is 9.84 Å². The van der Waals surface area contributed by atoms with Crippen LogP contribution >= 0.6 is 11.6 Å². The number of nitrogen functional groups attached to an aromatic ring is 1. The Labute approximate surface area is 207 Å². The van der Waals surface area contributed by atoms with Crippen LogP contribution in [0.3, 0.4) is 0 Å². The second kappa shape index (κ2) is 9.32. The summed E-state index contributed by atoms with van der Waals surface area (Å²) in [5.41, 5.74) is 6.79. The highest BCUT2D eigenvalue weighted by molar-refractivity contribution is 7.90. The maximum absolute atomic E-state index is 13.5. The number of carbonyl (C=O) groups is 1. The lowest BCUT2D eigenvalue weighted by molar-refractivity contribution is -0.145. The second-order valence-corrected chi connectivity index (χ2v) is 10.1. The molecule has 0 saturated heterocycles. The smallest absolute Gasteiger partial charge is 0.382 e. The molecule has 0 fully saturated rings. The summed E-state index contributed by atoms with van der Waals surface area (Å²) in [6.45, 7) is -0.199. The van der Waals surface area contributed by atoms with Crippen LogP contribution in [0.5, 0.6) is 0 Å². The Morgan fingerprint density at radius 1 is 1.03 bits per heavy atom. The van der Waals surface area contributed by atoms with E-state index >= 15 is 0 Å². The van der Waals surface area contributed by atoms with Gasteiger partial charge in [-0.25, -0.2) is 23.4 Å². The van der Waals surface area contributed by atoms with Gasteiger partial charge in [-0.3, -0.25) is 9.78 Å². The largest absolute Gasteiger partial charge is 0.451 e. The van der Waals surface area contributed by atoms with Gasteiger partial charge in [0.1, 0.15) is 5.82 Å². The van der Waals surface area contributed by atoms with Gasteiger partial charge < -0.3 is 10.6 Å². The number of aromatic nitrogens is 4.